The SMILES string of the molecule is Cc1cc2c(cc1N1c3cc4c(sc5ccccc54)c4c3B(c3ccc5c(oc6ccccc65)c31)n1c3oc5ccccc5c3c3cccc-4c31)C(C)(C)CCC2(C)C. The molecule has 0 unspecified atom stereocenters. The Bertz CT molecular complexity index is 3720. The zero-order chi connectivity index (χ0) is 39.3. The monoisotopic (exact) mass is 778 g/mol. The Morgan fingerprint density at radius 1 is 0.627 bits per heavy atom. The lowest BCUT2D eigenvalue weighted by Crippen LogP contribution is -2.56. The lowest BCUT2D eigenvalue weighted by Gasteiger charge is -2.44. The van der Waals surface area contributed by atoms with E-state index in [4.69, 9.17) is 8.83 Å². The van der Waals surface area contributed by atoms with Crippen molar-refractivity contribution in [3.8, 4) is 11.1 Å². The Kier molecular flexibility index (Phi) is 5.92. The molecule has 0 N–H and O–H groups in total. The van der Waals surface area contributed by atoms with Gasteiger partial charge in [0.2, 0.25) is 0 Å². The maximum Gasteiger partial charge on any atom is 0.336 e. The van der Waals surface area contributed by atoms with Crippen LogP contribution in [0.3, 0.4) is 0 Å². The molecule has 0 atom stereocenters. The van der Waals surface area contributed by atoms with E-state index in [0.717, 1.165) is 50.7 Å². The van der Waals surface area contributed by atoms with Crippen LogP contribution in [0.4, 0.5) is 17.1 Å². The van der Waals surface area contributed by atoms with Gasteiger partial charge in [-0.15, -0.1) is 11.3 Å². The zero-order valence-electron chi connectivity index (χ0n) is 33.7. The van der Waals surface area contributed by atoms with Crippen molar-refractivity contribution in [3.05, 3.63) is 138 Å². The average Bonchev–Trinajstić information content (AvgIpc) is 4.00. The van der Waals surface area contributed by atoms with Crippen molar-refractivity contribution in [1.29, 1.82) is 0 Å². The molecule has 59 heavy (non-hydrogen) atoms. The molecule has 11 aromatic rings. The Balaban J connectivity index is 1.22. The van der Waals surface area contributed by atoms with E-state index in [1.54, 1.807) is 0 Å². The average molecular weight is 779 g/mol. The highest BCUT2D eigenvalue weighted by Gasteiger charge is 2.47. The van der Waals surface area contributed by atoms with Crippen molar-refractivity contribution in [2.75, 3.05) is 4.90 Å². The van der Waals surface area contributed by atoms with E-state index in [1.165, 1.54) is 93.0 Å². The first-order valence-electron chi connectivity index (χ1n) is 21.0. The molecule has 282 valence electrons. The zero-order valence-corrected chi connectivity index (χ0v) is 34.5. The molecule has 2 aliphatic heterocycles. The van der Waals surface area contributed by atoms with Gasteiger partial charge in [-0.2, -0.15) is 0 Å². The fourth-order valence-corrected chi connectivity index (χ4v) is 12.8. The second-order valence-electron chi connectivity index (χ2n) is 18.7. The van der Waals surface area contributed by atoms with E-state index in [-0.39, 0.29) is 17.7 Å². The molecule has 6 heterocycles. The van der Waals surface area contributed by atoms with Gasteiger partial charge in [0.15, 0.2) is 11.3 Å². The van der Waals surface area contributed by atoms with Gasteiger partial charge >= 0.3 is 6.85 Å². The minimum Gasteiger partial charge on any atom is -0.454 e. The number of fused-ring (bicyclic) bond motifs is 18. The number of rotatable bonds is 1. The van der Waals surface area contributed by atoms with E-state index >= 15 is 0 Å². The minimum atomic E-state index is -0.165. The van der Waals surface area contributed by atoms with Crippen molar-refractivity contribution >= 4 is 121 Å². The molecule has 0 saturated heterocycles. The van der Waals surface area contributed by atoms with Gasteiger partial charge < -0.3 is 18.2 Å². The summed E-state index contributed by atoms with van der Waals surface area (Å²) in [7, 11) is 0. The number of hydrogen-bond donors (Lipinski definition) is 0. The van der Waals surface area contributed by atoms with E-state index in [9.17, 15) is 0 Å². The number of hydrogen-bond acceptors (Lipinski definition) is 4. The molecular weight excluding hydrogens is 739 g/mol. The number of furan rings is 2. The predicted molar refractivity (Wildman–Crippen MR) is 250 cm³/mol. The van der Waals surface area contributed by atoms with Crippen molar-refractivity contribution in [1.82, 2.24) is 4.48 Å². The normalized spacial score (nSPS) is 16.3. The second kappa shape index (κ2) is 10.7. The number of aryl methyl sites for hydroxylation is 1. The fraction of sp³-hybridized carbons (Fsp3) is 0.170. The molecule has 0 spiro atoms. The van der Waals surface area contributed by atoms with Gasteiger partial charge in [0.05, 0.1) is 11.1 Å². The maximum absolute atomic E-state index is 7.12. The topological polar surface area (TPSA) is 34.5 Å². The van der Waals surface area contributed by atoms with Gasteiger partial charge in [-0.3, -0.25) is 0 Å². The van der Waals surface area contributed by atoms with Gasteiger partial charge in [-0.1, -0.05) is 119 Å². The lowest BCUT2D eigenvalue weighted by atomic mass is 9.45. The first kappa shape index (κ1) is 32.7. The van der Waals surface area contributed by atoms with Crippen molar-refractivity contribution in [2.45, 2.75) is 58.3 Å². The highest BCUT2D eigenvalue weighted by atomic mass is 32.1. The van der Waals surface area contributed by atoms with Crippen LogP contribution >= 0.6 is 11.3 Å². The van der Waals surface area contributed by atoms with E-state index in [0.29, 0.717) is 0 Å². The second-order valence-corrected chi connectivity index (χ2v) is 19.7. The van der Waals surface area contributed by atoms with E-state index in [1.807, 2.05) is 11.3 Å². The van der Waals surface area contributed by atoms with Crippen LogP contribution in [0.15, 0.2) is 130 Å². The van der Waals surface area contributed by atoms with Gasteiger partial charge in [-0.25, -0.2) is 0 Å². The summed E-state index contributed by atoms with van der Waals surface area (Å²) in [5.41, 5.74) is 17.9. The van der Waals surface area contributed by atoms with Crippen LogP contribution in [0.2, 0.25) is 0 Å². The number of anilines is 3. The van der Waals surface area contributed by atoms with Crippen molar-refractivity contribution < 1.29 is 8.83 Å². The van der Waals surface area contributed by atoms with E-state index < -0.39 is 0 Å². The third kappa shape index (κ3) is 3.92. The van der Waals surface area contributed by atoms with Gasteiger partial charge in [0.1, 0.15) is 11.2 Å². The molecule has 6 heteroatoms. The van der Waals surface area contributed by atoms with E-state index in [2.05, 4.69) is 165 Å². The first-order valence-corrected chi connectivity index (χ1v) is 21.8. The smallest absolute Gasteiger partial charge is 0.336 e. The Labute approximate surface area is 345 Å². The summed E-state index contributed by atoms with van der Waals surface area (Å²) in [5.74, 6) is 0. The molecule has 14 rings (SSSR count). The van der Waals surface area contributed by atoms with Crippen LogP contribution in [-0.4, -0.2) is 11.3 Å². The lowest BCUT2D eigenvalue weighted by molar-refractivity contribution is 0.332. The molecule has 4 aromatic heterocycles. The summed E-state index contributed by atoms with van der Waals surface area (Å²) in [6.07, 6.45) is 2.33. The van der Waals surface area contributed by atoms with Gasteiger partial charge in [0.25, 0.3) is 0 Å². The molecule has 0 amide bonds. The molecule has 4 nitrogen and oxygen atoms in total. The number of benzene rings is 7. The summed E-state index contributed by atoms with van der Waals surface area (Å²) in [4.78, 5) is 2.61. The fourth-order valence-electron chi connectivity index (χ4n) is 11.6. The standard InChI is InChI=1S/C53H39BN2O2S/c1-28-25-36-37(53(4,5)24-23-52(36,2)3)27-39(28)55-40-26-35-30-14-8-11-20-43(30)59-50(35)45-34-17-12-16-33-44-32-15-7-10-19-42(32)58-51(44)56(47(33)34)54(46(40)45)38-22-21-31-29-13-6-9-18-41(29)57-49(31)48(38)55/h6-22,25-27H,23-24H2,1-5H3. The molecule has 7 aromatic carbocycles. The number of aromatic nitrogens is 1. The largest absolute Gasteiger partial charge is 0.454 e. The number of nitrogens with zero attached hydrogens (tertiary/aromatic N) is 2. The summed E-state index contributed by atoms with van der Waals surface area (Å²) in [6.45, 7) is 11.9. The number of para-hydroxylation sites is 3. The maximum atomic E-state index is 7.12. The molecule has 0 radical (unpaired) electrons. The van der Waals surface area contributed by atoms with Crippen LogP contribution in [0.5, 0.6) is 0 Å². The molecular formula is C53H39BN2O2S. The van der Waals surface area contributed by atoms with Crippen LogP contribution in [0, 0.1) is 6.92 Å². The van der Waals surface area contributed by atoms with Crippen LogP contribution in [0.25, 0.3) is 86.2 Å². The van der Waals surface area contributed by atoms with Gasteiger partial charge in [-0.05, 0) is 88.5 Å². The summed E-state index contributed by atoms with van der Waals surface area (Å²) in [6, 6.07) is 45.2. The third-order valence-corrected chi connectivity index (χ3v) is 15.8. The molecule has 0 saturated carbocycles. The highest BCUT2D eigenvalue weighted by Crippen LogP contribution is 2.55. The Hall–Kier alpha value is -6.24. The predicted octanol–water partition coefficient (Wildman–Crippen LogP) is 13.9. The van der Waals surface area contributed by atoms with Crippen molar-refractivity contribution in [3.63, 3.8) is 0 Å². The third-order valence-electron chi connectivity index (χ3n) is 14.6. The summed E-state index contributed by atoms with van der Waals surface area (Å²) in [5, 5.41) is 8.44. The Morgan fingerprint density at radius 3 is 2.14 bits per heavy atom. The van der Waals surface area contributed by atoms with Crippen LogP contribution in [-0.2, 0) is 10.8 Å². The van der Waals surface area contributed by atoms with Crippen LogP contribution < -0.4 is 15.8 Å². The molecule has 0 fully saturated rings. The van der Waals surface area contributed by atoms with Crippen molar-refractivity contribution in [2.24, 2.45) is 0 Å². The summed E-state index contributed by atoms with van der Waals surface area (Å²) < 4.78 is 19.3. The van der Waals surface area contributed by atoms with Gasteiger partial charge in [0, 0.05) is 69.7 Å². The minimum absolute atomic E-state index is 0.0371. The molecule has 0 bridgehead atoms. The van der Waals surface area contributed by atoms with Crippen LogP contribution in [0.1, 0.15) is 57.2 Å². The summed E-state index contributed by atoms with van der Waals surface area (Å²) >= 11 is 1.93. The first-order chi connectivity index (χ1) is 28.7. The quantitative estimate of drug-likeness (QED) is 0.156. The molecule has 3 aliphatic rings. The highest BCUT2D eigenvalue weighted by molar-refractivity contribution is 7.26. The Morgan fingerprint density at radius 2 is 1.32 bits per heavy atom. The molecule has 1 aliphatic carbocycles. The number of thiophene rings is 1.